The van der Waals surface area contributed by atoms with Crippen LogP contribution in [0.4, 0.5) is 0 Å². The van der Waals surface area contributed by atoms with Crippen molar-refractivity contribution >= 4 is 0 Å². The highest BCUT2D eigenvalue weighted by molar-refractivity contribution is 5.45. The summed E-state index contributed by atoms with van der Waals surface area (Å²) >= 11 is 0. The van der Waals surface area contributed by atoms with Crippen LogP contribution in [-0.2, 0) is 14.2 Å². The van der Waals surface area contributed by atoms with Crippen molar-refractivity contribution in [2.45, 2.75) is 24.7 Å². The number of phenolic OH excluding ortho intramolecular Hbond substituents is 2. The van der Waals surface area contributed by atoms with Crippen molar-refractivity contribution in [2.24, 2.45) is 0 Å². The molecule has 0 amide bonds. The lowest BCUT2D eigenvalue weighted by Gasteiger charge is -2.38. The summed E-state index contributed by atoms with van der Waals surface area (Å²) in [6, 6.07) is 10.8. The molecule has 2 atom stereocenters. The molecule has 2 N–H and O–H groups in total. The van der Waals surface area contributed by atoms with Gasteiger partial charge in [0.05, 0.1) is 39.6 Å². The highest BCUT2D eigenvalue weighted by Crippen LogP contribution is 2.51. The molecular weight excluding hydrogens is 400 g/mol. The van der Waals surface area contributed by atoms with E-state index < -0.39 is 0 Å². The van der Waals surface area contributed by atoms with Crippen LogP contribution >= 0.6 is 0 Å². The lowest BCUT2D eigenvalue weighted by atomic mass is 9.67. The molecule has 2 unspecified atom stereocenters. The van der Waals surface area contributed by atoms with E-state index in [1.165, 1.54) is 0 Å². The van der Waals surface area contributed by atoms with E-state index in [-0.39, 0.29) is 23.3 Å². The topological polar surface area (TPSA) is 86.6 Å². The Bertz CT molecular complexity index is 784. The van der Waals surface area contributed by atoms with E-state index in [1.54, 1.807) is 24.3 Å². The van der Waals surface area contributed by atoms with Crippen LogP contribution in [0.3, 0.4) is 0 Å². The molecule has 168 valence electrons. The number of benzene rings is 2. The minimum Gasteiger partial charge on any atom is -0.508 e. The van der Waals surface area contributed by atoms with Crippen LogP contribution in [0.2, 0.25) is 0 Å². The van der Waals surface area contributed by atoms with E-state index in [2.05, 4.69) is 0 Å². The van der Waals surface area contributed by atoms with Gasteiger partial charge in [-0.2, -0.15) is 0 Å². The lowest BCUT2D eigenvalue weighted by Crippen LogP contribution is -2.22. The van der Waals surface area contributed by atoms with Gasteiger partial charge in [0, 0.05) is 12.1 Å². The zero-order valence-corrected chi connectivity index (χ0v) is 17.6. The fourth-order valence-electron chi connectivity index (χ4n) is 4.08. The molecule has 1 saturated carbocycles. The summed E-state index contributed by atoms with van der Waals surface area (Å²) in [7, 11) is 0. The molecule has 1 fully saturated rings. The summed E-state index contributed by atoms with van der Waals surface area (Å²) in [6.07, 6.45) is 2.02. The first kappa shape index (κ1) is 21.7. The van der Waals surface area contributed by atoms with Gasteiger partial charge in [0.15, 0.2) is 0 Å². The van der Waals surface area contributed by atoms with Gasteiger partial charge in [0.25, 0.3) is 0 Å². The monoisotopic (exact) mass is 430 g/mol. The average molecular weight is 430 g/mol. The maximum absolute atomic E-state index is 10.2. The third kappa shape index (κ3) is 6.03. The highest BCUT2D eigenvalue weighted by Gasteiger charge is 2.34. The first-order valence-corrected chi connectivity index (χ1v) is 10.9. The molecule has 4 bridgehead atoms. The molecule has 31 heavy (non-hydrogen) atoms. The zero-order chi connectivity index (χ0) is 21.5. The van der Waals surface area contributed by atoms with E-state index >= 15 is 0 Å². The maximum Gasteiger partial charge on any atom is 0.123 e. The molecule has 0 radical (unpaired) electrons. The first-order chi connectivity index (χ1) is 15.2. The molecule has 2 aromatic rings. The van der Waals surface area contributed by atoms with Crippen molar-refractivity contribution in [3.63, 3.8) is 0 Å². The number of hydrogen-bond acceptors (Lipinski definition) is 7. The SMILES string of the molecule is Oc1cc2cc(c1)C1CCC1c1cc(O)cc(c1)OCCOCCOCCOCCO2. The molecule has 7 heteroatoms. The van der Waals surface area contributed by atoms with E-state index in [0.29, 0.717) is 64.4 Å². The standard InChI is InChI=1S/C24H30O7/c25-19-11-17-13-21(15-19)30-9-7-28-5-3-27-4-6-29-8-10-31-22-14-18(12-20(26)16-22)24-2-1-23(17)24/h11-16,23-26H,1-10H2. The molecule has 1 aliphatic carbocycles. The molecule has 4 rings (SSSR count). The van der Waals surface area contributed by atoms with Crippen molar-refractivity contribution in [3.05, 3.63) is 47.5 Å². The number of aromatic hydroxyl groups is 2. The molecule has 0 spiro atoms. The molecule has 7 nitrogen and oxygen atoms in total. The van der Waals surface area contributed by atoms with Crippen LogP contribution in [0, 0.1) is 0 Å². The Morgan fingerprint density at radius 1 is 0.516 bits per heavy atom. The van der Waals surface area contributed by atoms with Crippen LogP contribution in [0.5, 0.6) is 23.0 Å². The average Bonchev–Trinajstić information content (AvgIpc) is 2.69. The number of fused-ring (bicyclic) bond motifs is 7. The Morgan fingerprint density at radius 3 is 1.29 bits per heavy atom. The molecule has 0 aromatic heterocycles. The van der Waals surface area contributed by atoms with E-state index in [0.717, 1.165) is 24.0 Å². The van der Waals surface area contributed by atoms with Gasteiger partial charge in [-0.05, 0) is 60.1 Å². The smallest absolute Gasteiger partial charge is 0.123 e. The van der Waals surface area contributed by atoms with E-state index in [1.807, 2.05) is 12.1 Å². The molecule has 1 aliphatic heterocycles. The summed E-state index contributed by atoms with van der Waals surface area (Å²) in [5.41, 5.74) is 2.07. The maximum atomic E-state index is 10.2. The number of hydrogen-bond donors (Lipinski definition) is 2. The summed E-state index contributed by atoms with van der Waals surface area (Å²) < 4.78 is 28.1. The van der Waals surface area contributed by atoms with Gasteiger partial charge < -0.3 is 33.9 Å². The predicted molar refractivity (Wildman–Crippen MR) is 114 cm³/mol. The molecule has 2 aromatic carbocycles. The van der Waals surface area contributed by atoms with Crippen LogP contribution in [0.1, 0.15) is 35.8 Å². The van der Waals surface area contributed by atoms with Crippen LogP contribution in [-0.4, -0.2) is 63.1 Å². The molecule has 1 heterocycles. The third-order valence-corrected chi connectivity index (χ3v) is 5.69. The van der Waals surface area contributed by atoms with Crippen molar-refractivity contribution < 1.29 is 33.9 Å². The van der Waals surface area contributed by atoms with Gasteiger partial charge >= 0.3 is 0 Å². The van der Waals surface area contributed by atoms with Crippen LogP contribution in [0.15, 0.2) is 36.4 Å². The van der Waals surface area contributed by atoms with Gasteiger partial charge in [-0.15, -0.1) is 0 Å². The van der Waals surface area contributed by atoms with E-state index in [4.69, 9.17) is 23.7 Å². The van der Waals surface area contributed by atoms with Crippen molar-refractivity contribution in [3.8, 4) is 23.0 Å². The minimum absolute atomic E-state index is 0.186. The highest BCUT2D eigenvalue weighted by atomic mass is 16.6. The van der Waals surface area contributed by atoms with Crippen molar-refractivity contribution in [2.75, 3.05) is 52.9 Å². The lowest BCUT2D eigenvalue weighted by molar-refractivity contribution is 0.00497. The van der Waals surface area contributed by atoms with Crippen molar-refractivity contribution in [1.82, 2.24) is 0 Å². The quantitative estimate of drug-likeness (QED) is 0.661. The van der Waals surface area contributed by atoms with Gasteiger partial charge in [0.1, 0.15) is 36.2 Å². The Balaban J connectivity index is 1.52. The van der Waals surface area contributed by atoms with Gasteiger partial charge in [-0.1, -0.05) is 0 Å². The van der Waals surface area contributed by atoms with Crippen molar-refractivity contribution in [1.29, 1.82) is 0 Å². The molecule has 2 aliphatic rings. The Morgan fingerprint density at radius 2 is 0.903 bits per heavy atom. The summed E-state index contributed by atoms with van der Waals surface area (Å²) in [4.78, 5) is 0. The molecular formula is C24H30O7. The largest absolute Gasteiger partial charge is 0.508 e. The predicted octanol–water partition coefficient (Wildman–Crippen LogP) is 3.58. The second kappa shape index (κ2) is 10.7. The number of rotatable bonds is 0. The summed E-state index contributed by atoms with van der Waals surface area (Å²) in [5.74, 6) is 2.12. The Labute approximate surface area is 182 Å². The number of ether oxygens (including phenoxy) is 5. The minimum atomic E-state index is 0.186. The summed E-state index contributed by atoms with van der Waals surface area (Å²) in [6.45, 7) is 3.64. The first-order valence-electron chi connectivity index (χ1n) is 10.9. The molecule has 0 saturated heterocycles. The Hall–Kier alpha value is -2.48. The van der Waals surface area contributed by atoms with Gasteiger partial charge in [-0.25, -0.2) is 0 Å². The van der Waals surface area contributed by atoms with Crippen LogP contribution in [0.25, 0.3) is 0 Å². The normalized spacial score (nSPS) is 23.2. The van der Waals surface area contributed by atoms with Gasteiger partial charge in [0.2, 0.25) is 0 Å². The van der Waals surface area contributed by atoms with Crippen LogP contribution < -0.4 is 9.47 Å². The van der Waals surface area contributed by atoms with E-state index in [9.17, 15) is 10.2 Å². The summed E-state index contributed by atoms with van der Waals surface area (Å²) in [5, 5.41) is 20.4. The third-order valence-electron chi connectivity index (χ3n) is 5.69. The number of phenols is 2. The fraction of sp³-hybridized carbons (Fsp3) is 0.500. The second-order valence-electron chi connectivity index (χ2n) is 7.84. The Kier molecular flexibility index (Phi) is 7.51. The zero-order valence-electron chi connectivity index (χ0n) is 17.6. The van der Waals surface area contributed by atoms with Gasteiger partial charge in [-0.3, -0.25) is 0 Å². The second-order valence-corrected chi connectivity index (χ2v) is 7.84. The fourth-order valence-corrected chi connectivity index (χ4v) is 4.08.